The van der Waals surface area contributed by atoms with Gasteiger partial charge in [0.25, 0.3) is 0 Å². The summed E-state index contributed by atoms with van der Waals surface area (Å²) < 4.78 is 16.4. The van der Waals surface area contributed by atoms with E-state index in [9.17, 15) is 0 Å². The van der Waals surface area contributed by atoms with Crippen LogP contribution in [0.2, 0.25) is 5.02 Å². The Morgan fingerprint density at radius 3 is 2.80 bits per heavy atom. The van der Waals surface area contributed by atoms with Crippen molar-refractivity contribution in [3.8, 4) is 17.2 Å². The van der Waals surface area contributed by atoms with Crippen molar-refractivity contribution in [3.63, 3.8) is 0 Å². The normalized spacial score (nSPS) is 12.5. The molecule has 0 fully saturated rings. The molecule has 3 rings (SSSR count). The average Bonchev–Trinajstić information content (AvgIpc) is 2.93. The van der Waals surface area contributed by atoms with Crippen LogP contribution in [0.15, 0.2) is 36.4 Å². The minimum Gasteiger partial charge on any atom is -0.489 e. The molecule has 4 nitrogen and oxygen atoms in total. The number of halogens is 1. The highest BCUT2D eigenvalue weighted by Gasteiger charge is 2.13. The van der Waals surface area contributed by atoms with Crippen LogP contribution in [0.1, 0.15) is 11.1 Å². The standard InChI is InChI=1S/C15H14ClNO3/c16-12-2-4-13(11(6-12)7-17)18-8-10-1-3-14-15(5-10)20-9-19-14/h1-6H,7-9,17H2. The first-order chi connectivity index (χ1) is 9.76. The Bertz CT molecular complexity index is 631. The van der Waals surface area contributed by atoms with E-state index in [0.29, 0.717) is 18.2 Å². The molecule has 0 saturated heterocycles. The summed E-state index contributed by atoms with van der Waals surface area (Å²) in [7, 11) is 0. The van der Waals surface area contributed by atoms with Crippen LogP contribution in [0.5, 0.6) is 17.2 Å². The minimum atomic E-state index is 0.272. The van der Waals surface area contributed by atoms with Crippen LogP contribution in [0.25, 0.3) is 0 Å². The van der Waals surface area contributed by atoms with Crippen LogP contribution in [0.3, 0.4) is 0 Å². The molecule has 5 heteroatoms. The van der Waals surface area contributed by atoms with E-state index in [4.69, 9.17) is 31.5 Å². The Morgan fingerprint density at radius 2 is 1.95 bits per heavy atom. The zero-order valence-corrected chi connectivity index (χ0v) is 11.5. The van der Waals surface area contributed by atoms with E-state index in [-0.39, 0.29) is 6.79 Å². The summed E-state index contributed by atoms with van der Waals surface area (Å²) in [4.78, 5) is 0. The molecule has 0 aromatic heterocycles. The van der Waals surface area contributed by atoms with E-state index in [1.54, 1.807) is 6.07 Å². The van der Waals surface area contributed by atoms with Crippen LogP contribution in [-0.4, -0.2) is 6.79 Å². The lowest BCUT2D eigenvalue weighted by molar-refractivity contribution is 0.174. The molecule has 0 radical (unpaired) electrons. The summed E-state index contributed by atoms with van der Waals surface area (Å²) in [6.07, 6.45) is 0. The summed E-state index contributed by atoms with van der Waals surface area (Å²) in [5.74, 6) is 2.26. The van der Waals surface area contributed by atoms with Gasteiger partial charge in [0.1, 0.15) is 12.4 Å². The summed E-state index contributed by atoms with van der Waals surface area (Å²) in [5, 5.41) is 0.654. The molecule has 1 aliphatic heterocycles. The average molecular weight is 292 g/mol. The van der Waals surface area contributed by atoms with E-state index >= 15 is 0 Å². The highest BCUT2D eigenvalue weighted by molar-refractivity contribution is 6.30. The molecule has 0 saturated carbocycles. The van der Waals surface area contributed by atoms with Gasteiger partial charge in [0.2, 0.25) is 6.79 Å². The van der Waals surface area contributed by atoms with Gasteiger partial charge in [0.05, 0.1) is 0 Å². The van der Waals surface area contributed by atoms with E-state index in [0.717, 1.165) is 28.4 Å². The van der Waals surface area contributed by atoms with Crippen molar-refractivity contribution in [1.82, 2.24) is 0 Å². The minimum absolute atomic E-state index is 0.272. The van der Waals surface area contributed by atoms with Crippen molar-refractivity contribution in [2.45, 2.75) is 13.2 Å². The third-order valence-electron chi connectivity index (χ3n) is 3.07. The van der Waals surface area contributed by atoms with E-state index in [1.807, 2.05) is 30.3 Å². The van der Waals surface area contributed by atoms with Crippen LogP contribution in [0.4, 0.5) is 0 Å². The second-order valence-corrected chi connectivity index (χ2v) is 4.87. The highest BCUT2D eigenvalue weighted by Crippen LogP contribution is 2.33. The van der Waals surface area contributed by atoms with Gasteiger partial charge in [-0.1, -0.05) is 17.7 Å². The molecule has 104 valence electrons. The monoisotopic (exact) mass is 291 g/mol. The van der Waals surface area contributed by atoms with Crippen molar-refractivity contribution >= 4 is 11.6 Å². The maximum absolute atomic E-state index is 5.94. The molecule has 1 aliphatic rings. The zero-order chi connectivity index (χ0) is 13.9. The van der Waals surface area contributed by atoms with Crippen molar-refractivity contribution in [2.75, 3.05) is 6.79 Å². The molecule has 20 heavy (non-hydrogen) atoms. The Hall–Kier alpha value is -1.91. The summed E-state index contributed by atoms with van der Waals surface area (Å²) in [5.41, 5.74) is 7.58. The van der Waals surface area contributed by atoms with Gasteiger partial charge in [-0.2, -0.15) is 0 Å². The molecule has 0 bridgehead atoms. The quantitative estimate of drug-likeness (QED) is 0.940. The summed E-state index contributed by atoms with van der Waals surface area (Å²) >= 11 is 5.94. The largest absolute Gasteiger partial charge is 0.489 e. The second kappa shape index (κ2) is 5.61. The SMILES string of the molecule is NCc1cc(Cl)ccc1OCc1ccc2c(c1)OCO2. The van der Waals surface area contributed by atoms with Gasteiger partial charge >= 0.3 is 0 Å². The number of fused-ring (bicyclic) bond motifs is 1. The zero-order valence-electron chi connectivity index (χ0n) is 10.8. The number of hydrogen-bond acceptors (Lipinski definition) is 4. The van der Waals surface area contributed by atoms with Gasteiger partial charge in [-0.25, -0.2) is 0 Å². The van der Waals surface area contributed by atoms with Crippen LogP contribution in [-0.2, 0) is 13.2 Å². The maximum Gasteiger partial charge on any atom is 0.231 e. The Kier molecular flexibility index (Phi) is 3.67. The fourth-order valence-corrected chi connectivity index (χ4v) is 2.23. The number of hydrogen-bond donors (Lipinski definition) is 1. The first-order valence-corrected chi connectivity index (χ1v) is 6.64. The number of rotatable bonds is 4. The van der Waals surface area contributed by atoms with Crippen molar-refractivity contribution < 1.29 is 14.2 Å². The van der Waals surface area contributed by atoms with Crippen molar-refractivity contribution in [1.29, 1.82) is 0 Å². The van der Waals surface area contributed by atoms with E-state index in [1.165, 1.54) is 0 Å². The third-order valence-corrected chi connectivity index (χ3v) is 3.31. The van der Waals surface area contributed by atoms with E-state index in [2.05, 4.69) is 0 Å². The van der Waals surface area contributed by atoms with Gasteiger partial charge in [-0.15, -0.1) is 0 Å². The molecular weight excluding hydrogens is 278 g/mol. The fourth-order valence-electron chi connectivity index (χ4n) is 2.04. The molecule has 0 atom stereocenters. The Labute approximate surface area is 122 Å². The highest BCUT2D eigenvalue weighted by atomic mass is 35.5. The van der Waals surface area contributed by atoms with Crippen LogP contribution < -0.4 is 19.9 Å². The molecule has 2 N–H and O–H groups in total. The van der Waals surface area contributed by atoms with Gasteiger partial charge in [0, 0.05) is 17.1 Å². The molecule has 2 aromatic rings. The van der Waals surface area contributed by atoms with Crippen LogP contribution >= 0.6 is 11.6 Å². The molecule has 0 spiro atoms. The number of benzene rings is 2. The lowest BCUT2D eigenvalue weighted by Gasteiger charge is -2.11. The van der Waals surface area contributed by atoms with Gasteiger partial charge in [-0.05, 0) is 35.9 Å². The first-order valence-electron chi connectivity index (χ1n) is 6.26. The van der Waals surface area contributed by atoms with E-state index < -0.39 is 0 Å². The van der Waals surface area contributed by atoms with Crippen LogP contribution in [0, 0.1) is 0 Å². The molecular formula is C15H14ClNO3. The van der Waals surface area contributed by atoms with Crippen molar-refractivity contribution in [2.24, 2.45) is 5.73 Å². The van der Waals surface area contributed by atoms with Gasteiger partial charge in [-0.3, -0.25) is 0 Å². The van der Waals surface area contributed by atoms with Gasteiger partial charge in [0.15, 0.2) is 11.5 Å². The fraction of sp³-hybridized carbons (Fsp3) is 0.200. The predicted molar refractivity (Wildman–Crippen MR) is 76.2 cm³/mol. The summed E-state index contributed by atoms with van der Waals surface area (Å²) in [6.45, 7) is 1.09. The smallest absolute Gasteiger partial charge is 0.231 e. The molecule has 0 unspecified atom stereocenters. The third kappa shape index (κ3) is 2.66. The number of ether oxygens (including phenoxy) is 3. The second-order valence-electron chi connectivity index (χ2n) is 4.43. The first kappa shape index (κ1) is 13.1. The summed E-state index contributed by atoms with van der Waals surface area (Å²) in [6, 6.07) is 11.2. The molecule has 1 heterocycles. The lowest BCUT2D eigenvalue weighted by Crippen LogP contribution is -2.02. The van der Waals surface area contributed by atoms with Crippen molar-refractivity contribution in [3.05, 3.63) is 52.5 Å². The number of nitrogens with two attached hydrogens (primary N) is 1. The maximum atomic E-state index is 5.94. The molecule has 0 aliphatic carbocycles. The lowest BCUT2D eigenvalue weighted by atomic mass is 10.2. The Morgan fingerprint density at radius 1 is 1.10 bits per heavy atom. The molecule has 2 aromatic carbocycles. The molecule has 0 amide bonds. The topological polar surface area (TPSA) is 53.7 Å². The predicted octanol–water partition coefficient (Wildman–Crippen LogP) is 3.11. The van der Waals surface area contributed by atoms with Gasteiger partial charge < -0.3 is 19.9 Å². The Balaban J connectivity index is 1.73.